The van der Waals surface area contributed by atoms with E-state index in [1.165, 1.54) is 15.9 Å². The molecule has 3 aromatic rings. The normalized spacial score (nSPS) is 13.5. The van der Waals surface area contributed by atoms with Crippen molar-refractivity contribution in [3.8, 4) is 5.69 Å². The average Bonchev–Trinajstić information content (AvgIpc) is 3.14. The Kier molecular flexibility index (Phi) is 6.20. The highest BCUT2D eigenvalue weighted by Gasteiger charge is 2.28. The van der Waals surface area contributed by atoms with Gasteiger partial charge in [0.05, 0.1) is 24.2 Å². The van der Waals surface area contributed by atoms with Crippen LogP contribution in [0.1, 0.15) is 37.1 Å². The molecule has 0 fully saturated rings. The van der Waals surface area contributed by atoms with E-state index in [-0.39, 0.29) is 17.3 Å². The van der Waals surface area contributed by atoms with E-state index in [2.05, 4.69) is 6.92 Å². The van der Waals surface area contributed by atoms with Gasteiger partial charge < -0.3 is 9.64 Å². The molecule has 1 aliphatic rings. The summed E-state index contributed by atoms with van der Waals surface area (Å²) < 4.78 is 8.07. The van der Waals surface area contributed by atoms with Crippen LogP contribution in [0.2, 0.25) is 5.02 Å². The van der Waals surface area contributed by atoms with Crippen molar-refractivity contribution in [2.24, 2.45) is 0 Å². The number of amides is 1. The molecule has 0 bridgehead atoms. The van der Waals surface area contributed by atoms with Crippen molar-refractivity contribution < 1.29 is 9.53 Å². The molecule has 0 unspecified atom stereocenters. The molecule has 2 aromatic heterocycles. The Morgan fingerprint density at radius 2 is 1.94 bits per heavy atom. The molecule has 0 radical (unpaired) electrons. The minimum Gasteiger partial charge on any atom is -0.450 e. The number of ether oxygens (including phenoxy) is 1. The fourth-order valence-corrected chi connectivity index (χ4v) is 5.41. The second kappa shape index (κ2) is 8.88. The molecule has 1 aliphatic heterocycles. The summed E-state index contributed by atoms with van der Waals surface area (Å²) in [5, 5.41) is 1.12. The molecule has 1 aromatic carbocycles. The summed E-state index contributed by atoms with van der Waals surface area (Å²) in [7, 11) is 0. The highest BCUT2D eigenvalue weighted by molar-refractivity contribution is 7.18. The maximum absolute atomic E-state index is 13.5. The first-order valence-corrected chi connectivity index (χ1v) is 11.6. The molecule has 0 saturated carbocycles. The Labute approximate surface area is 188 Å². The van der Waals surface area contributed by atoms with Crippen LogP contribution < -0.4 is 11.2 Å². The van der Waals surface area contributed by atoms with Crippen LogP contribution in [0.5, 0.6) is 0 Å². The number of carbonyl (C=O) groups is 1. The zero-order chi connectivity index (χ0) is 22.1. The minimum atomic E-state index is -0.354. The SMILES string of the molecule is CCCCn1c(=O)n(-c2ccc(Cl)cc2)c(=O)c2c3c(sc21)CN(C(=O)OCC)CC3. The predicted octanol–water partition coefficient (Wildman–Crippen LogP) is 4.18. The zero-order valence-electron chi connectivity index (χ0n) is 17.5. The summed E-state index contributed by atoms with van der Waals surface area (Å²) in [5.74, 6) is 0. The number of fused-ring (bicyclic) bond motifs is 3. The lowest BCUT2D eigenvalue weighted by Crippen LogP contribution is -2.39. The molecule has 7 nitrogen and oxygen atoms in total. The van der Waals surface area contributed by atoms with Crippen molar-refractivity contribution in [1.29, 1.82) is 0 Å². The second-order valence-corrected chi connectivity index (χ2v) is 8.98. The summed E-state index contributed by atoms with van der Waals surface area (Å²) in [6.07, 6.45) is 1.95. The lowest BCUT2D eigenvalue weighted by Gasteiger charge is -2.25. The van der Waals surface area contributed by atoms with Gasteiger partial charge in [0, 0.05) is 23.0 Å². The van der Waals surface area contributed by atoms with Gasteiger partial charge in [-0.05, 0) is 49.6 Å². The fourth-order valence-electron chi connectivity index (χ4n) is 3.91. The molecular weight excluding hydrogens is 438 g/mol. The summed E-state index contributed by atoms with van der Waals surface area (Å²) in [6.45, 7) is 5.55. The third-order valence-electron chi connectivity index (χ3n) is 5.47. The van der Waals surface area contributed by atoms with Crippen LogP contribution in [0.4, 0.5) is 4.79 Å². The number of halogens is 1. The van der Waals surface area contributed by atoms with Crippen LogP contribution in [0.15, 0.2) is 33.9 Å². The topological polar surface area (TPSA) is 73.5 Å². The number of aryl methyl sites for hydroxylation is 1. The van der Waals surface area contributed by atoms with Gasteiger partial charge in [-0.1, -0.05) is 24.9 Å². The number of hydrogen-bond acceptors (Lipinski definition) is 5. The summed E-state index contributed by atoms with van der Waals surface area (Å²) in [5.41, 5.74) is 0.750. The van der Waals surface area contributed by atoms with Crippen molar-refractivity contribution in [1.82, 2.24) is 14.0 Å². The molecule has 1 amide bonds. The van der Waals surface area contributed by atoms with Gasteiger partial charge in [-0.2, -0.15) is 0 Å². The Morgan fingerprint density at radius 1 is 1.19 bits per heavy atom. The van der Waals surface area contributed by atoms with Gasteiger partial charge in [-0.15, -0.1) is 11.3 Å². The largest absolute Gasteiger partial charge is 0.450 e. The summed E-state index contributed by atoms with van der Waals surface area (Å²) >= 11 is 7.43. The lowest BCUT2D eigenvalue weighted by atomic mass is 10.1. The second-order valence-electron chi connectivity index (χ2n) is 7.46. The smallest absolute Gasteiger partial charge is 0.410 e. The molecule has 4 rings (SSSR count). The van der Waals surface area contributed by atoms with E-state index < -0.39 is 0 Å². The van der Waals surface area contributed by atoms with Gasteiger partial charge in [0.2, 0.25) is 0 Å². The Balaban J connectivity index is 1.92. The van der Waals surface area contributed by atoms with Gasteiger partial charge >= 0.3 is 11.8 Å². The van der Waals surface area contributed by atoms with Gasteiger partial charge in [0.1, 0.15) is 4.83 Å². The van der Waals surface area contributed by atoms with Crippen LogP contribution in [-0.2, 0) is 24.2 Å². The average molecular weight is 462 g/mol. The number of aromatic nitrogens is 2. The van der Waals surface area contributed by atoms with Gasteiger partial charge in [-0.3, -0.25) is 9.36 Å². The minimum absolute atomic E-state index is 0.316. The van der Waals surface area contributed by atoms with E-state index in [9.17, 15) is 14.4 Å². The maximum atomic E-state index is 13.5. The number of benzene rings is 1. The first kappa shape index (κ1) is 21.6. The number of nitrogens with zero attached hydrogens (tertiary/aromatic N) is 3. The monoisotopic (exact) mass is 461 g/mol. The van der Waals surface area contributed by atoms with E-state index in [0.29, 0.717) is 53.6 Å². The van der Waals surface area contributed by atoms with Crippen molar-refractivity contribution in [3.63, 3.8) is 0 Å². The Hall–Kier alpha value is -2.58. The first-order chi connectivity index (χ1) is 15.0. The highest BCUT2D eigenvalue weighted by Crippen LogP contribution is 2.33. The molecule has 9 heteroatoms. The molecular formula is C22H24ClN3O4S. The third-order valence-corrected chi connectivity index (χ3v) is 6.96. The fraction of sp³-hybridized carbons (Fsp3) is 0.409. The van der Waals surface area contributed by atoms with E-state index in [1.54, 1.807) is 40.7 Å². The van der Waals surface area contributed by atoms with Crippen LogP contribution >= 0.6 is 22.9 Å². The molecule has 31 heavy (non-hydrogen) atoms. The highest BCUT2D eigenvalue weighted by atomic mass is 35.5. The molecule has 0 saturated heterocycles. The number of unbranched alkanes of at least 4 members (excludes halogenated alkanes) is 1. The quantitative estimate of drug-likeness (QED) is 0.571. The van der Waals surface area contributed by atoms with Crippen LogP contribution in [0, 0.1) is 0 Å². The van der Waals surface area contributed by atoms with Crippen LogP contribution in [0.25, 0.3) is 15.9 Å². The summed E-state index contributed by atoms with van der Waals surface area (Å²) in [4.78, 5) is 42.4. The Morgan fingerprint density at radius 3 is 2.61 bits per heavy atom. The van der Waals surface area contributed by atoms with E-state index in [4.69, 9.17) is 16.3 Å². The molecule has 0 N–H and O–H groups in total. The molecule has 0 atom stereocenters. The maximum Gasteiger partial charge on any atom is 0.410 e. The number of rotatable bonds is 5. The molecule has 0 spiro atoms. The van der Waals surface area contributed by atoms with Crippen LogP contribution in [-0.4, -0.2) is 33.3 Å². The van der Waals surface area contributed by atoms with Crippen molar-refractivity contribution in [2.75, 3.05) is 13.2 Å². The van der Waals surface area contributed by atoms with Gasteiger partial charge in [-0.25, -0.2) is 14.2 Å². The molecule has 3 heterocycles. The number of hydrogen-bond donors (Lipinski definition) is 0. The van der Waals surface area contributed by atoms with Gasteiger partial charge in [0.25, 0.3) is 5.56 Å². The zero-order valence-corrected chi connectivity index (χ0v) is 19.1. The van der Waals surface area contributed by atoms with E-state index in [1.807, 2.05) is 0 Å². The Bertz CT molecular complexity index is 1240. The predicted molar refractivity (Wildman–Crippen MR) is 123 cm³/mol. The number of thiophene rings is 1. The lowest BCUT2D eigenvalue weighted by molar-refractivity contribution is 0.103. The van der Waals surface area contributed by atoms with Crippen molar-refractivity contribution >= 4 is 39.2 Å². The van der Waals surface area contributed by atoms with E-state index >= 15 is 0 Å². The standard InChI is InChI=1S/C22H24ClN3O4S/c1-3-5-11-25-20-18(16-10-12-24(13-17(16)31-20)22(29)30-4-2)19(27)26(21(25)28)15-8-6-14(23)7-9-15/h6-9H,3-5,10-13H2,1-2H3. The van der Waals surface area contributed by atoms with Crippen molar-refractivity contribution in [2.45, 2.75) is 46.2 Å². The summed E-state index contributed by atoms with van der Waals surface area (Å²) in [6, 6.07) is 6.71. The molecule has 164 valence electrons. The van der Waals surface area contributed by atoms with Gasteiger partial charge in [0.15, 0.2) is 0 Å². The third kappa shape index (κ3) is 3.90. The van der Waals surface area contributed by atoms with Crippen molar-refractivity contribution in [3.05, 3.63) is 60.6 Å². The first-order valence-electron chi connectivity index (χ1n) is 10.4. The molecule has 0 aliphatic carbocycles. The van der Waals surface area contributed by atoms with E-state index in [0.717, 1.165) is 23.3 Å². The van der Waals surface area contributed by atoms with Crippen LogP contribution in [0.3, 0.4) is 0 Å². The number of carbonyl (C=O) groups excluding carboxylic acids is 1.